The van der Waals surface area contributed by atoms with Crippen molar-refractivity contribution < 1.29 is 0 Å². The molecule has 6 nitrogen and oxygen atoms in total. The second-order valence-electron chi connectivity index (χ2n) is 4.31. The van der Waals surface area contributed by atoms with Crippen molar-refractivity contribution in [2.24, 2.45) is 27.6 Å². The molecule has 0 bridgehead atoms. The maximum Gasteiger partial charge on any atom is 0.184 e. The van der Waals surface area contributed by atoms with Gasteiger partial charge in [-0.25, -0.2) is 0 Å². The monoisotopic (exact) mass is 300 g/mol. The smallest absolute Gasteiger partial charge is 0.184 e. The first-order valence-electron chi connectivity index (χ1n) is 6.28. The normalized spacial score (nSPS) is 22.1. The molecule has 1 unspecified atom stereocenters. The number of rotatable bonds is 4. The minimum Gasteiger partial charge on any atom is -0.375 e. The molecule has 0 aromatic rings. The molecule has 0 heterocycles. The average Bonchev–Trinajstić information content (AvgIpc) is 2.37. The summed E-state index contributed by atoms with van der Waals surface area (Å²) >= 11 is 9.53. The Morgan fingerprint density at radius 3 is 2.53 bits per heavy atom. The number of nitrogens with zero attached hydrogens (tertiary/aromatic N) is 2. The van der Waals surface area contributed by atoms with Gasteiger partial charge in [-0.2, -0.15) is 10.2 Å². The zero-order valence-corrected chi connectivity index (χ0v) is 12.6. The maximum atomic E-state index is 5.40. The lowest BCUT2D eigenvalue weighted by molar-refractivity contribution is 0.601. The zero-order valence-electron chi connectivity index (χ0n) is 11.0. The van der Waals surface area contributed by atoms with Gasteiger partial charge in [0.05, 0.1) is 0 Å². The van der Waals surface area contributed by atoms with Gasteiger partial charge in [-0.05, 0) is 50.1 Å². The number of thiocarbonyl (C=S) groups is 2. The summed E-state index contributed by atoms with van der Waals surface area (Å²) in [5.41, 5.74) is 18.1. The van der Waals surface area contributed by atoms with E-state index in [2.05, 4.69) is 21.1 Å². The van der Waals surface area contributed by atoms with Crippen LogP contribution in [-0.4, -0.2) is 21.6 Å². The van der Waals surface area contributed by atoms with E-state index in [0.717, 1.165) is 43.5 Å². The molecule has 1 aliphatic rings. The summed E-state index contributed by atoms with van der Waals surface area (Å²) < 4.78 is 0. The van der Waals surface area contributed by atoms with Gasteiger partial charge < -0.3 is 11.5 Å². The highest BCUT2D eigenvalue weighted by atomic mass is 32.1. The molecule has 1 aliphatic carbocycles. The van der Waals surface area contributed by atoms with Crippen molar-refractivity contribution in [3.8, 4) is 0 Å². The Kier molecular flexibility index (Phi) is 6.65. The molecule has 1 fully saturated rings. The lowest BCUT2D eigenvalue weighted by atomic mass is 9.83. The van der Waals surface area contributed by atoms with Crippen molar-refractivity contribution in [3.05, 3.63) is 0 Å². The topological polar surface area (TPSA) is 101 Å². The molecule has 0 radical (unpaired) electrons. The second-order valence-corrected chi connectivity index (χ2v) is 5.19. The fourth-order valence-corrected chi connectivity index (χ4v) is 2.24. The van der Waals surface area contributed by atoms with Crippen LogP contribution in [0.3, 0.4) is 0 Å². The van der Waals surface area contributed by atoms with Crippen LogP contribution in [0.2, 0.25) is 0 Å². The Bertz CT molecular complexity index is 378. The average molecular weight is 300 g/mol. The molecular formula is C11H20N6S2. The Labute approximate surface area is 124 Å². The summed E-state index contributed by atoms with van der Waals surface area (Å²) in [6, 6.07) is 0. The van der Waals surface area contributed by atoms with Gasteiger partial charge in [-0.1, -0.05) is 13.3 Å². The summed E-state index contributed by atoms with van der Waals surface area (Å²) in [6.45, 7) is 2.05. The SMILES string of the molecule is CC/C(=N\NC(N)=S)C1CCCC/C1=N\NC(N)=S. The minimum absolute atomic E-state index is 0.168. The van der Waals surface area contributed by atoms with Gasteiger partial charge in [0.1, 0.15) is 0 Å². The summed E-state index contributed by atoms with van der Waals surface area (Å²) in [5, 5.41) is 8.90. The van der Waals surface area contributed by atoms with E-state index in [-0.39, 0.29) is 16.1 Å². The van der Waals surface area contributed by atoms with Crippen molar-refractivity contribution in [1.29, 1.82) is 0 Å². The standard InChI is InChI=1S/C11H20N6S2/c1-2-8(14-16-10(12)18)7-5-3-4-6-9(7)15-17-11(13)19/h7H,2-6H2,1H3,(H3,12,16,18)(H3,13,17,19)/b14-8+,15-9+. The van der Waals surface area contributed by atoms with Crippen molar-refractivity contribution in [2.45, 2.75) is 39.0 Å². The highest BCUT2D eigenvalue weighted by Gasteiger charge is 2.25. The first-order valence-corrected chi connectivity index (χ1v) is 7.10. The predicted molar refractivity (Wildman–Crippen MR) is 87.0 cm³/mol. The number of hydrazone groups is 2. The molecular weight excluding hydrogens is 280 g/mol. The molecule has 1 atom stereocenters. The molecule has 8 heteroatoms. The van der Waals surface area contributed by atoms with E-state index >= 15 is 0 Å². The Morgan fingerprint density at radius 2 is 1.95 bits per heavy atom. The third-order valence-electron chi connectivity index (χ3n) is 2.96. The Hall–Kier alpha value is -1.28. The van der Waals surface area contributed by atoms with Crippen LogP contribution in [0, 0.1) is 5.92 Å². The van der Waals surface area contributed by atoms with Crippen LogP contribution in [0.25, 0.3) is 0 Å². The van der Waals surface area contributed by atoms with E-state index in [9.17, 15) is 0 Å². The number of nitrogens with one attached hydrogen (secondary N) is 2. The van der Waals surface area contributed by atoms with Gasteiger partial charge >= 0.3 is 0 Å². The third-order valence-corrected chi connectivity index (χ3v) is 3.14. The first-order chi connectivity index (χ1) is 9.04. The van der Waals surface area contributed by atoms with Gasteiger partial charge in [-0.15, -0.1) is 0 Å². The minimum atomic E-state index is 0.168. The van der Waals surface area contributed by atoms with Crippen molar-refractivity contribution in [1.82, 2.24) is 10.9 Å². The van der Waals surface area contributed by atoms with Crippen LogP contribution in [0.4, 0.5) is 0 Å². The van der Waals surface area contributed by atoms with Gasteiger partial charge in [0, 0.05) is 17.3 Å². The molecule has 1 saturated carbocycles. The molecule has 0 aliphatic heterocycles. The quantitative estimate of drug-likeness (QED) is 0.350. The van der Waals surface area contributed by atoms with Crippen molar-refractivity contribution >= 4 is 46.1 Å². The van der Waals surface area contributed by atoms with Crippen molar-refractivity contribution in [2.75, 3.05) is 0 Å². The molecule has 1 rings (SSSR count). The largest absolute Gasteiger partial charge is 0.375 e. The van der Waals surface area contributed by atoms with Crippen LogP contribution in [0.5, 0.6) is 0 Å². The van der Waals surface area contributed by atoms with E-state index in [1.54, 1.807) is 0 Å². The highest BCUT2D eigenvalue weighted by Crippen LogP contribution is 2.24. The van der Waals surface area contributed by atoms with Crippen LogP contribution in [-0.2, 0) is 0 Å². The summed E-state index contributed by atoms with van der Waals surface area (Å²) in [6.07, 6.45) is 5.03. The number of hydrogen-bond acceptors (Lipinski definition) is 4. The van der Waals surface area contributed by atoms with Gasteiger partial charge in [0.25, 0.3) is 0 Å². The van der Waals surface area contributed by atoms with Gasteiger partial charge in [0.2, 0.25) is 0 Å². The Balaban J connectivity index is 2.84. The number of nitrogens with two attached hydrogens (primary N) is 2. The van der Waals surface area contributed by atoms with Crippen LogP contribution in [0.15, 0.2) is 10.2 Å². The highest BCUT2D eigenvalue weighted by molar-refractivity contribution is 7.80. The molecule has 0 aromatic heterocycles. The van der Waals surface area contributed by atoms with E-state index in [1.807, 2.05) is 6.92 Å². The molecule has 0 aromatic carbocycles. The predicted octanol–water partition coefficient (Wildman–Crippen LogP) is 0.965. The zero-order chi connectivity index (χ0) is 14.3. The molecule has 6 N–H and O–H groups in total. The van der Waals surface area contributed by atoms with E-state index in [4.69, 9.17) is 35.9 Å². The molecule has 19 heavy (non-hydrogen) atoms. The summed E-state index contributed by atoms with van der Waals surface area (Å²) in [5.74, 6) is 0.197. The van der Waals surface area contributed by atoms with Gasteiger partial charge in [0.15, 0.2) is 10.2 Å². The molecule has 0 saturated heterocycles. The first kappa shape index (κ1) is 15.8. The van der Waals surface area contributed by atoms with Crippen LogP contribution >= 0.6 is 24.4 Å². The van der Waals surface area contributed by atoms with Crippen molar-refractivity contribution in [3.63, 3.8) is 0 Å². The van der Waals surface area contributed by atoms with Gasteiger partial charge in [-0.3, -0.25) is 10.9 Å². The Morgan fingerprint density at radius 1 is 1.26 bits per heavy atom. The second kappa shape index (κ2) is 8.00. The van der Waals surface area contributed by atoms with Crippen LogP contribution in [0.1, 0.15) is 39.0 Å². The van der Waals surface area contributed by atoms with E-state index < -0.39 is 0 Å². The van der Waals surface area contributed by atoms with E-state index in [0.29, 0.717) is 0 Å². The lowest BCUT2D eigenvalue weighted by Crippen LogP contribution is -2.34. The molecule has 106 valence electrons. The fraction of sp³-hybridized carbons (Fsp3) is 0.636. The third kappa shape index (κ3) is 5.48. The number of hydrogen-bond donors (Lipinski definition) is 4. The molecule has 0 spiro atoms. The summed E-state index contributed by atoms with van der Waals surface area (Å²) in [4.78, 5) is 0. The summed E-state index contributed by atoms with van der Waals surface area (Å²) in [7, 11) is 0. The lowest BCUT2D eigenvalue weighted by Gasteiger charge is -2.25. The van der Waals surface area contributed by atoms with E-state index in [1.165, 1.54) is 0 Å². The molecule has 0 amide bonds. The maximum absolute atomic E-state index is 5.40. The fourth-order valence-electron chi connectivity index (χ4n) is 2.15. The van der Waals surface area contributed by atoms with Crippen LogP contribution < -0.4 is 22.3 Å².